The van der Waals surface area contributed by atoms with Gasteiger partial charge in [0.1, 0.15) is 0 Å². The van der Waals surface area contributed by atoms with Crippen LogP contribution in [-0.2, 0) is 0 Å². The third-order valence-corrected chi connectivity index (χ3v) is 4.22. The second kappa shape index (κ2) is 5.69. The van der Waals surface area contributed by atoms with Crippen molar-refractivity contribution in [1.82, 2.24) is 9.97 Å². The smallest absolute Gasteiger partial charge is 0.171 e. The average Bonchev–Trinajstić information content (AvgIpc) is 2.89. The SMILES string of the molecule is CCC(O)c1ccccc1Sc1nc2ccccc2[nH]1. The zero-order valence-electron chi connectivity index (χ0n) is 11.2. The number of aromatic nitrogens is 2. The Labute approximate surface area is 122 Å². The lowest BCUT2D eigenvalue weighted by Gasteiger charge is -2.12. The molecule has 1 unspecified atom stereocenters. The first-order chi connectivity index (χ1) is 9.78. The molecule has 0 saturated carbocycles. The van der Waals surface area contributed by atoms with Gasteiger partial charge in [0, 0.05) is 4.90 Å². The van der Waals surface area contributed by atoms with Crippen LogP contribution in [0.25, 0.3) is 11.0 Å². The van der Waals surface area contributed by atoms with E-state index in [1.165, 1.54) is 0 Å². The van der Waals surface area contributed by atoms with E-state index in [0.717, 1.165) is 26.6 Å². The maximum Gasteiger partial charge on any atom is 0.171 e. The fraction of sp³-hybridized carbons (Fsp3) is 0.188. The topological polar surface area (TPSA) is 48.9 Å². The molecule has 4 heteroatoms. The minimum absolute atomic E-state index is 0.428. The van der Waals surface area contributed by atoms with E-state index in [4.69, 9.17) is 0 Å². The minimum atomic E-state index is -0.428. The Kier molecular flexibility index (Phi) is 3.76. The normalized spacial score (nSPS) is 12.7. The molecule has 0 spiro atoms. The molecule has 0 aliphatic heterocycles. The number of rotatable bonds is 4. The van der Waals surface area contributed by atoms with Crippen LogP contribution in [0, 0.1) is 0 Å². The van der Waals surface area contributed by atoms with Crippen molar-refractivity contribution in [3.05, 3.63) is 54.1 Å². The van der Waals surface area contributed by atoms with Crippen molar-refractivity contribution < 1.29 is 5.11 Å². The number of para-hydroxylation sites is 2. The molecule has 1 atom stereocenters. The highest BCUT2D eigenvalue weighted by molar-refractivity contribution is 7.99. The maximum absolute atomic E-state index is 10.1. The Morgan fingerprint density at radius 2 is 1.90 bits per heavy atom. The highest BCUT2D eigenvalue weighted by Gasteiger charge is 2.12. The lowest BCUT2D eigenvalue weighted by atomic mass is 10.1. The molecule has 0 aliphatic rings. The summed E-state index contributed by atoms with van der Waals surface area (Å²) in [6.45, 7) is 1.98. The fourth-order valence-electron chi connectivity index (χ4n) is 2.15. The molecule has 102 valence electrons. The molecule has 0 saturated heterocycles. The molecule has 3 aromatic rings. The standard InChI is InChI=1S/C16H16N2OS/c1-2-14(19)11-7-3-6-10-15(11)20-16-17-12-8-4-5-9-13(12)18-16/h3-10,14,19H,2H2,1H3,(H,17,18). The predicted molar refractivity (Wildman–Crippen MR) is 81.9 cm³/mol. The first kappa shape index (κ1) is 13.2. The van der Waals surface area contributed by atoms with Gasteiger partial charge in [0.25, 0.3) is 0 Å². The Hall–Kier alpha value is -1.78. The van der Waals surface area contributed by atoms with E-state index in [-0.39, 0.29) is 0 Å². The number of aliphatic hydroxyl groups excluding tert-OH is 1. The molecule has 3 nitrogen and oxygen atoms in total. The number of imidazole rings is 1. The van der Waals surface area contributed by atoms with Gasteiger partial charge in [0.15, 0.2) is 5.16 Å². The van der Waals surface area contributed by atoms with Gasteiger partial charge < -0.3 is 10.1 Å². The molecule has 0 radical (unpaired) electrons. The molecule has 0 bridgehead atoms. The van der Waals surface area contributed by atoms with Gasteiger partial charge in [-0.15, -0.1) is 0 Å². The number of fused-ring (bicyclic) bond motifs is 1. The maximum atomic E-state index is 10.1. The number of H-pyrrole nitrogens is 1. The van der Waals surface area contributed by atoms with Crippen LogP contribution in [0.3, 0.4) is 0 Å². The molecular formula is C16H16N2OS. The lowest BCUT2D eigenvalue weighted by molar-refractivity contribution is 0.171. The van der Waals surface area contributed by atoms with Gasteiger partial charge in [-0.1, -0.05) is 49.0 Å². The molecule has 1 heterocycles. The van der Waals surface area contributed by atoms with Gasteiger partial charge in [0.2, 0.25) is 0 Å². The van der Waals surface area contributed by atoms with Crippen molar-refractivity contribution in [2.75, 3.05) is 0 Å². The van der Waals surface area contributed by atoms with Gasteiger partial charge in [-0.25, -0.2) is 4.98 Å². The van der Waals surface area contributed by atoms with Crippen molar-refractivity contribution in [2.24, 2.45) is 0 Å². The molecule has 0 fully saturated rings. The summed E-state index contributed by atoms with van der Waals surface area (Å²) in [4.78, 5) is 8.90. The largest absolute Gasteiger partial charge is 0.388 e. The van der Waals surface area contributed by atoms with Gasteiger partial charge >= 0.3 is 0 Å². The second-order valence-electron chi connectivity index (χ2n) is 4.62. The highest BCUT2D eigenvalue weighted by Crippen LogP contribution is 2.33. The number of hydrogen-bond acceptors (Lipinski definition) is 3. The van der Waals surface area contributed by atoms with Crippen LogP contribution in [0.4, 0.5) is 0 Å². The zero-order chi connectivity index (χ0) is 13.9. The Balaban J connectivity index is 1.94. The van der Waals surface area contributed by atoms with E-state index in [2.05, 4.69) is 9.97 Å². The Morgan fingerprint density at radius 3 is 2.70 bits per heavy atom. The molecule has 0 aliphatic carbocycles. The summed E-state index contributed by atoms with van der Waals surface area (Å²) in [5, 5.41) is 10.9. The quantitative estimate of drug-likeness (QED) is 0.756. The van der Waals surface area contributed by atoms with Gasteiger partial charge in [-0.05, 0) is 30.2 Å². The van der Waals surface area contributed by atoms with Crippen molar-refractivity contribution in [3.8, 4) is 0 Å². The summed E-state index contributed by atoms with van der Waals surface area (Å²) >= 11 is 1.56. The summed E-state index contributed by atoms with van der Waals surface area (Å²) in [5.74, 6) is 0. The first-order valence-corrected chi connectivity index (χ1v) is 7.49. The third kappa shape index (κ3) is 2.57. The monoisotopic (exact) mass is 284 g/mol. The number of benzene rings is 2. The van der Waals surface area contributed by atoms with Crippen molar-refractivity contribution in [2.45, 2.75) is 29.5 Å². The second-order valence-corrected chi connectivity index (χ2v) is 5.65. The number of aliphatic hydroxyl groups is 1. The summed E-state index contributed by atoms with van der Waals surface area (Å²) in [6, 6.07) is 15.9. The summed E-state index contributed by atoms with van der Waals surface area (Å²) in [7, 11) is 0. The molecule has 20 heavy (non-hydrogen) atoms. The van der Waals surface area contributed by atoms with Crippen LogP contribution in [0.1, 0.15) is 25.0 Å². The molecule has 3 rings (SSSR count). The van der Waals surface area contributed by atoms with Gasteiger partial charge in [0.05, 0.1) is 17.1 Å². The first-order valence-electron chi connectivity index (χ1n) is 6.67. The molecular weight excluding hydrogens is 268 g/mol. The Morgan fingerprint density at radius 1 is 1.15 bits per heavy atom. The van der Waals surface area contributed by atoms with Crippen LogP contribution in [-0.4, -0.2) is 15.1 Å². The summed E-state index contributed by atoms with van der Waals surface area (Å²) < 4.78 is 0. The van der Waals surface area contributed by atoms with Crippen LogP contribution in [0.15, 0.2) is 58.6 Å². The van der Waals surface area contributed by atoms with E-state index < -0.39 is 6.10 Å². The molecule has 0 amide bonds. The average molecular weight is 284 g/mol. The van der Waals surface area contributed by atoms with Gasteiger partial charge in [-0.2, -0.15) is 0 Å². The number of hydrogen-bond donors (Lipinski definition) is 2. The van der Waals surface area contributed by atoms with Crippen LogP contribution in [0.5, 0.6) is 0 Å². The summed E-state index contributed by atoms with van der Waals surface area (Å²) in [5.41, 5.74) is 2.95. The minimum Gasteiger partial charge on any atom is -0.388 e. The van der Waals surface area contributed by atoms with Gasteiger partial charge in [-0.3, -0.25) is 0 Å². The zero-order valence-corrected chi connectivity index (χ0v) is 12.0. The van der Waals surface area contributed by atoms with Crippen molar-refractivity contribution in [1.29, 1.82) is 0 Å². The molecule has 2 N–H and O–H groups in total. The van der Waals surface area contributed by atoms with E-state index in [1.807, 2.05) is 55.5 Å². The van der Waals surface area contributed by atoms with E-state index in [9.17, 15) is 5.11 Å². The third-order valence-electron chi connectivity index (χ3n) is 3.24. The van der Waals surface area contributed by atoms with Crippen LogP contribution < -0.4 is 0 Å². The van der Waals surface area contributed by atoms with E-state index >= 15 is 0 Å². The molecule has 1 aromatic heterocycles. The predicted octanol–water partition coefficient (Wildman–Crippen LogP) is 4.16. The van der Waals surface area contributed by atoms with E-state index in [1.54, 1.807) is 11.8 Å². The fourth-order valence-corrected chi connectivity index (χ4v) is 3.13. The summed E-state index contributed by atoms with van der Waals surface area (Å²) in [6.07, 6.45) is 0.278. The van der Waals surface area contributed by atoms with Crippen molar-refractivity contribution in [3.63, 3.8) is 0 Å². The Bertz CT molecular complexity index is 690. The van der Waals surface area contributed by atoms with Crippen LogP contribution >= 0.6 is 11.8 Å². The molecule has 2 aromatic carbocycles. The lowest BCUT2D eigenvalue weighted by Crippen LogP contribution is -1.97. The number of nitrogens with zero attached hydrogens (tertiary/aromatic N) is 1. The number of aromatic amines is 1. The number of nitrogens with one attached hydrogen (secondary N) is 1. The van der Waals surface area contributed by atoms with E-state index in [0.29, 0.717) is 6.42 Å². The van der Waals surface area contributed by atoms with Crippen molar-refractivity contribution >= 4 is 22.8 Å². The highest BCUT2D eigenvalue weighted by atomic mass is 32.2. The van der Waals surface area contributed by atoms with Crippen LogP contribution in [0.2, 0.25) is 0 Å².